The van der Waals surface area contributed by atoms with E-state index in [0.717, 1.165) is 24.9 Å². The van der Waals surface area contributed by atoms with Crippen molar-refractivity contribution in [3.8, 4) is 0 Å². The molecule has 4 heterocycles. The van der Waals surface area contributed by atoms with Crippen molar-refractivity contribution >= 4 is 17.2 Å². The summed E-state index contributed by atoms with van der Waals surface area (Å²) in [5.41, 5.74) is -1.03. The van der Waals surface area contributed by atoms with Gasteiger partial charge in [0.05, 0.1) is 64.6 Å². The summed E-state index contributed by atoms with van der Waals surface area (Å²) in [5.74, 6) is -3.00. The van der Waals surface area contributed by atoms with Crippen LogP contribution in [0.1, 0.15) is 98.4 Å². The number of nitrogens with one attached hydrogen (secondary N) is 1. The molecule has 3 aliphatic rings. The second-order valence-corrected chi connectivity index (χ2v) is 19.4. The lowest BCUT2D eigenvalue weighted by Crippen LogP contribution is -2.60. The predicted octanol–water partition coefficient (Wildman–Crippen LogP) is 3.76. The Morgan fingerprint density at radius 2 is 1.83 bits per heavy atom. The topological polar surface area (TPSA) is 246 Å². The second kappa shape index (κ2) is 22.9. The van der Waals surface area contributed by atoms with Crippen molar-refractivity contribution < 1.29 is 53.9 Å². The lowest BCUT2D eigenvalue weighted by atomic mass is 9.74. The molecule has 0 radical (unpaired) electrons. The van der Waals surface area contributed by atoms with Crippen molar-refractivity contribution in [1.29, 1.82) is 0 Å². The molecule has 0 aliphatic carbocycles. The molecule has 3 aliphatic heterocycles. The van der Waals surface area contributed by atoms with Crippen molar-refractivity contribution in [3.05, 3.63) is 64.2 Å². The van der Waals surface area contributed by atoms with Crippen molar-refractivity contribution in [2.75, 3.05) is 40.4 Å². The van der Waals surface area contributed by atoms with Gasteiger partial charge in [-0.15, -0.1) is 5.10 Å². The Hall–Kier alpha value is -3.92. The van der Waals surface area contributed by atoms with E-state index in [0.29, 0.717) is 43.8 Å². The number of rotatable bonds is 14. The Bertz CT molecular complexity index is 1940. The van der Waals surface area contributed by atoms with Gasteiger partial charge in [-0.05, 0) is 85.9 Å². The summed E-state index contributed by atoms with van der Waals surface area (Å²) in [5, 5.41) is 73.6. The van der Waals surface area contributed by atoms with Crippen LogP contribution in [0, 0.1) is 33.8 Å². The first kappa shape index (κ1) is 53.0. The van der Waals surface area contributed by atoms with E-state index in [-0.39, 0.29) is 42.5 Å². The summed E-state index contributed by atoms with van der Waals surface area (Å²) in [7, 11) is 3.45. The first-order chi connectivity index (χ1) is 31.1. The van der Waals surface area contributed by atoms with Crippen LogP contribution in [0.4, 0.5) is 5.69 Å². The van der Waals surface area contributed by atoms with Crippen LogP contribution in [0.2, 0.25) is 0 Å². The summed E-state index contributed by atoms with van der Waals surface area (Å²) >= 11 is 0. The molecule has 2 aromatic rings. The van der Waals surface area contributed by atoms with E-state index >= 15 is 0 Å². The monoisotopic (exact) mass is 930 g/mol. The number of non-ortho nitro benzene ring substituents is 1. The molecular formula is C47H75N7O12. The number of aliphatic hydroxyl groups excluding tert-OH is 3. The maximum Gasteiger partial charge on any atom is 0.269 e. The van der Waals surface area contributed by atoms with E-state index in [1.807, 2.05) is 32.7 Å². The molecule has 0 spiro atoms. The molecule has 5 rings (SSSR count). The molecule has 1 aromatic heterocycles. The van der Waals surface area contributed by atoms with Crippen LogP contribution >= 0.6 is 0 Å². The third-order valence-electron chi connectivity index (χ3n) is 14.3. The van der Waals surface area contributed by atoms with Crippen LogP contribution in [0.15, 0.2) is 48.0 Å². The minimum absolute atomic E-state index is 0.0119. The van der Waals surface area contributed by atoms with E-state index in [1.54, 1.807) is 57.8 Å². The van der Waals surface area contributed by atoms with Crippen LogP contribution in [0.25, 0.3) is 0 Å². The Labute approximate surface area is 389 Å². The average Bonchev–Trinajstić information content (AvgIpc) is 3.77. The number of allylic oxidation sites excluding steroid dienone is 1. The van der Waals surface area contributed by atoms with Gasteiger partial charge in [0.15, 0.2) is 6.29 Å². The van der Waals surface area contributed by atoms with Crippen molar-refractivity contribution in [1.82, 2.24) is 25.2 Å². The van der Waals surface area contributed by atoms with Gasteiger partial charge in [0.2, 0.25) is 0 Å². The number of ether oxygens (including phenoxy) is 4. The standard InChI is InChI=1S/C47H75N7O12/c1-27-23-46(8,62-11)44(31(5)41(56)29(3)32(6)64-33(7)47(9,59)43(58)30(4)40(27)50-66-38-13-12-19-48-24-38)65-45-42(57)39(21-28(2)63-45)52(10)20-18-35-25-53(51-49-35)37(26-55)22-34-14-16-36(17-15-34)54(60)61/h14-17,25,27-31,33,37-39,42-45,48,55,57-59H,6,12-13,18-24,26H2,1-5,7-11H3/b50-40+/t27-,28-,29+,30+,31+,33-,37+,38-,39+,42-,43-,44-,45+,46-,47-/m1/s1. The Balaban J connectivity index is 1.38. The van der Waals surface area contributed by atoms with Gasteiger partial charge in [-0.3, -0.25) is 14.9 Å². The van der Waals surface area contributed by atoms with Crippen LogP contribution in [-0.2, 0) is 41.4 Å². The molecule has 66 heavy (non-hydrogen) atoms. The van der Waals surface area contributed by atoms with Gasteiger partial charge in [0.1, 0.15) is 29.7 Å². The highest BCUT2D eigenvalue weighted by atomic mass is 16.7. The van der Waals surface area contributed by atoms with Crippen molar-refractivity contribution in [2.45, 2.75) is 160 Å². The number of aliphatic hydroxyl groups is 4. The summed E-state index contributed by atoms with van der Waals surface area (Å²) < 4.78 is 27.3. The molecule has 0 bridgehead atoms. The fourth-order valence-electron chi connectivity index (χ4n) is 9.60. The molecule has 0 amide bonds. The molecule has 19 nitrogen and oxygen atoms in total. The van der Waals surface area contributed by atoms with E-state index in [1.165, 1.54) is 19.1 Å². The summed E-state index contributed by atoms with van der Waals surface area (Å²) in [4.78, 5) is 33.3. The van der Waals surface area contributed by atoms with Crippen LogP contribution in [0.5, 0.6) is 0 Å². The van der Waals surface area contributed by atoms with Gasteiger partial charge in [-0.1, -0.05) is 49.9 Å². The van der Waals surface area contributed by atoms with E-state index < -0.39 is 82.6 Å². The number of nitro benzene ring substituents is 1. The SMILES string of the molecule is C=C1O[C@H](C)[C@@](C)(O)[C@H](O)[C@@H](C)/C(=N/O[C@@H]2CCCNC2)[C@H](C)C[C@@](C)(OC)[C@H](O[C@@H]2O[C@H](C)C[C@H](N(C)CCc3cn([C@H](CO)Cc4ccc([N+](=O)[O-])cc4)nn3)[C@H]2O)[C@@H](C)C(=O)[C@H]1C. The zero-order chi connectivity index (χ0) is 48.7. The number of carbonyl (C=O) groups is 1. The Kier molecular flexibility index (Phi) is 18.4. The number of ketones is 1. The lowest BCUT2D eigenvalue weighted by molar-refractivity contribution is -0.384. The summed E-state index contributed by atoms with van der Waals surface area (Å²) in [6.07, 6.45) is -1.07. The smallest absolute Gasteiger partial charge is 0.269 e. The zero-order valence-electron chi connectivity index (χ0n) is 40.4. The minimum atomic E-state index is -1.78. The predicted molar refractivity (Wildman–Crippen MR) is 245 cm³/mol. The number of hydrogen-bond acceptors (Lipinski definition) is 17. The molecule has 3 fully saturated rings. The molecule has 19 heteroatoms. The van der Waals surface area contributed by atoms with Gasteiger partial charge in [-0.2, -0.15) is 0 Å². The van der Waals surface area contributed by atoms with E-state index in [2.05, 4.69) is 27.4 Å². The zero-order valence-corrected chi connectivity index (χ0v) is 40.4. The van der Waals surface area contributed by atoms with E-state index in [9.17, 15) is 35.3 Å². The molecule has 1 aromatic carbocycles. The highest BCUT2D eigenvalue weighted by molar-refractivity contribution is 5.89. The van der Waals surface area contributed by atoms with Crippen LogP contribution < -0.4 is 5.32 Å². The van der Waals surface area contributed by atoms with Gasteiger partial charge in [-0.25, -0.2) is 4.68 Å². The first-order valence-corrected chi connectivity index (χ1v) is 23.3. The molecular weight excluding hydrogens is 855 g/mol. The average molecular weight is 930 g/mol. The highest BCUT2D eigenvalue weighted by Crippen LogP contribution is 2.39. The fraction of sp³-hybridized carbons (Fsp3) is 0.745. The molecule has 0 unspecified atom stereocenters. The molecule has 0 saturated carbocycles. The number of oxime groups is 1. The number of aromatic nitrogens is 3. The van der Waals surface area contributed by atoms with E-state index in [4.69, 9.17) is 23.8 Å². The van der Waals surface area contributed by atoms with Gasteiger partial charge >= 0.3 is 0 Å². The quantitative estimate of drug-likeness (QED) is 0.134. The number of carbonyl (C=O) groups excluding carboxylic acids is 1. The molecule has 370 valence electrons. The summed E-state index contributed by atoms with van der Waals surface area (Å²) in [6.45, 7) is 19.9. The van der Waals surface area contributed by atoms with Crippen LogP contribution in [0.3, 0.4) is 0 Å². The van der Waals surface area contributed by atoms with Gasteiger partial charge in [0.25, 0.3) is 5.69 Å². The fourth-order valence-corrected chi connectivity index (χ4v) is 9.60. The molecule has 3 saturated heterocycles. The number of methoxy groups -OCH3 is 1. The normalized spacial score (nSPS) is 36.4. The van der Waals surface area contributed by atoms with Crippen molar-refractivity contribution in [3.63, 3.8) is 0 Å². The van der Waals surface area contributed by atoms with Gasteiger partial charge < -0.3 is 54.4 Å². The molecule has 15 atom stereocenters. The number of likely N-dealkylation sites (N-methyl/N-ethyl adjacent to an activating group) is 1. The Morgan fingerprint density at radius 1 is 1.14 bits per heavy atom. The number of Topliss-reactive ketones (excluding diaryl/α,β-unsaturated/α-hetero) is 1. The number of piperidine rings is 1. The van der Waals surface area contributed by atoms with Crippen molar-refractivity contribution in [2.24, 2.45) is 28.8 Å². The second-order valence-electron chi connectivity index (χ2n) is 19.4. The Morgan fingerprint density at radius 3 is 2.45 bits per heavy atom. The third kappa shape index (κ3) is 12.6. The van der Waals surface area contributed by atoms with Gasteiger partial charge in [0, 0.05) is 68.7 Å². The highest BCUT2D eigenvalue weighted by Gasteiger charge is 2.51. The minimum Gasteiger partial charge on any atom is -0.492 e. The maximum absolute atomic E-state index is 14.5. The number of benzene rings is 1. The maximum atomic E-state index is 14.5. The largest absolute Gasteiger partial charge is 0.492 e. The first-order valence-electron chi connectivity index (χ1n) is 23.3. The number of hydrogen-bond donors (Lipinski definition) is 5. The third-order valence-corrected chi connectivity index (χ3v) is 14.3. The lowest BCUT2D eigenvalue weighted by Gasteiger charge is -2.47. The summed E-state index contributed by atoms with van der Waals surface area (Å²) in [6, 6.07) is 5.33. The van der Waals surface area contributed by atoms with Crippen LogP contribution in [-0.4, -0.2) is 157 Å². The number of nitrogens with zero attached hydrogens (tertiary/aromatic N) is 6. The number of nitro groups is 1. The molecule has 5 N–H and O–H groups in total.